The molecule has 0 bridgehead atoms. The topological polar surface area (TPSA) is 29.3 Å². The minimum atomic E-state index is 0.601. The van der Waals surface area contributed by atoms with Crippen LogP contribution in [0.5, 0.6) is 0 Å². The number of rotatable bonds is 2. The monoisotopic (exact) mass is 258 g/mol. The molecule has 1 heterocycles. The van der Waals surface area contributed by atoms with Crippen LogP contribution >= 0.6 is 11.6 Å². The Morgan fingerprint density at radius 2 is 1.78 bits per heavy atom. The molecule has 2 nitrogen and oxygen atoms in total. The number of hydrogen-bond donors (Lipinski definition) is 1. The van der Waals surface area contributed by atoms with E-state index in [0.717, 1.165) is 29.5 Å². The zero-order chi connectivity index (χ0) is 12.5. The molecule has 3 heteroatoms. The van der Waals surface area contributed by atoms with Gasteiger partial charge in [-0.05, 0) is 23.8 Å². The second kappa shape index (κ2) is 4.54. The number of nitrogen functional groups attached to an aromatic ring is 1. The van der Waals surface area contributed by atoms with Crippen LogP contribution in [0.2, 0.25) is 5.02 Å². The molecule has 2 N–H and O–H groups in total. The fourth-order valence-corrected chi connectivity index (χ4v) is 2.62. The quantitative estimate of drug-likeness (QED) is 0.835. The van der Waals surface area contributed by atoms with Crippen molar-refractivity contribution in [2.24, 2.45) is 0 Å². The zero-order valence-corrected chi connectivity index (χ0v) is 10.8. The maximum Gasteiger partial charge on any atom is 0.0641 e. The average molecular weight is 259 g/mol. The number of benzene rings is 2. The molecule has 1 saturated heterocycles. The highest BCUT2D eigenvalue weighted by Gasteiger charge is 2.29. The summed E-state index contributed by atoms with van der Waals surface area (Å²) < 4.78 is 0. The van der Waals surface area contributed by atoms with E-state index in [0.29, 0.717) is 5.92 Å². The van der Waals surface area contributed by atoms with Crippen molar-refractivity contribution < 1.29 is 0 Å². The summed E-state index contributed by atoms with van der Waals surface area (Å²) in [5.41, 5.74) is 9.01. The van der Waals surface area contributed by atoms with Gasteiger partial charge in [-0.1, -0.05) is 41.9 Å². The van der Waals surface area contributed by atoms with Gasteiger partial charge in [-0.3, -0.25) is 0 Å². The molecular formula is C15H15ClN2. The summed E-state index contributed by atoms with van der Waals surface area (Å²) in [6.07, 6.45) is 0. The third kappa shape index (κ3) is 2.04. The molecule has 0 amide bonds. The zero-order valence-electron chi connectivity index (χ0n) is 10.0. The van der Waals surface area contributed by atoms with Crippen molar-refractivity contribution in [3.8, 4) is 0 Å². The molecule has 0 unspecified atom stereocenters. The van der Waals surface area contributed by atoms with Crippen molar-refractivity contribution in [1.82, 2.24) is 0 Å². The fourth-order valence-electron chi connectivity index (χ4n) is 2.38. The van der Waals surface area contributed by atoms with E-state index >= 15 is 0 Å². The summed E-state index contributed by atoms with van der Waals surface area (Å²) in [6.45, 7) is 2.01. The molecule has 1 fully saturated rings. The Balaban J connectivity index is 1.74. The fraction of sp³-hybridized carbons (Fsp3) is 0.200. The summed E-state index contributed by atoms with van der Waals surface area (Å²) in [4.78, 5) is 2.27. The van der Waals surface area contributed by atoms with E-state index in [1.54, 1.807) is 0 Å². The van der Waals surface area contributed by atoms with E-state index in [1.807, 2.05) is 18.2 Å². The molecule has 0 aliphatic carbocycles. The van der Waals surface area contributed by atoms with Gasteiger partial charge in [0.2, 0.25) is 0 Å². The van der Waals surface area contributed by atoms with Gasteiger partial charge in [0, 0.05) is 24.7 Å². The SMILES string of the molecule is Nc1ccc(Cl)c(N2CC(c3ccccc3)C2)c1. The van der Waals surface area contributed by atoms with Crippen molar-refractivity contribution in [2.75, 3.05) is 23.7 Å². The Morgan fingerprint density at radius 3 is 2.50 bits per heavy atom. The highest BCUT2D eigenvalue weighted by Crippen LogP contribution is 2.36. The van der Waals surface area contributed by atoms with Crippen LogP contribution in [0.3, 0.4) is 0 Å². The van der Waals surface area contributed by atoms with Crippen molar-refractivity contribution in [3.05, 3.63) is 59.1 Å². The third-order valence-electron chi connectivity index (χ3n) is 3.46. The maximum absolute atomic E-state index is 6.20. The van der Waals surface area contributed by atoms with Crippen LogP contribution in [0, 0.1) is 0 Å². The molecule has 1 aliphatic rings. The van der Waals surface area contributed by atoms with Crippen LogP contribution in [0.25, 0.3) is 0 Å². The minimum absolute atomic E-state index is 0.601. The van der Waals surface area contributed by atoms with Crippen molar-refractivity contribution >= 4 is 23.0 Å². The molecule has 18 heavy (non-hydrogen) atoms. The Hall–Kier alpha value is -1.67. The molecule has 2 aromatic carbocycles. The van der Waals surface area contributed by atoms with Crippen LogP contribution in [-0.2, 0) is 0 Å². The number of halogens is 1. The highest BCUT2D eigenvalue weighted by atomic mass is 35.5. The Bertz CT molecular complexity index is 548. The van der Waals surface area contributed by atoms with Gasteiger partial charge in [0.15, 0.2) is 0 Å². The number of nitrogens with zero attached hydrogens (tertiary/aromatic N) is 1. The lowest BCUT2D eigenvalue weighted by Crippen LogP contribution is -2.45. The van der Waals surface area contributed by atoms with E-state index in [-0.39, 0.29) is 0 Å². The van der Waals surface area contributed by atoms with Gasteiger partial charge in [0.05, 0.1) is 10.7 Å². The second-order valence-electron chi connectivity index (χ2n) is 4.72. The first-order valence-corrected chi connectivity index (χ1v) is 6.47. The summed E-state index contributed by atoms with van der Waals surface area (Å²) >= 11 is 6.20. The van der Waals surface area contributed by atoms with Gasteiger partial charge < -0.3 is 10.6 Å². The van der Waals surface area contributed by atoms with Gasteiger partial charge in [-0.15, -0.1) is 0 Å². The van der Waals surface area contributed by atoms with Gasteiger partial charge in [0.1, 0.15) is 0 Å². The van der Waals surface area contributed by atoms with Crippen LogP contribution in [0.1, 0.15) is 11.5 Å². The molecule has 0 radical (unpaired) electrons. The summed E-state index contributed by atoms with van der Waals surface area (Å²) in [5.74, 6) is 0.601. The Labute approximate surface area is 112 Å². The molecule has 2 aromatic rings. The number of hydrogen-bond acceptors (Lipinski definition) is 2. The smallest absolute Gasteiger partial charge is 0.0641 e. The van der Waals surface area contributed by atoms with Gasteiger partial charge in [0.25, 0.3) is 0 Å². The van der Waals surface area contributed by atoms with Crippen molar-refractivity contribution in [3.63, 3.8) is 0 Å². The molecule has 3 rings (SSSR count). The maximum atomic E-state index is 6.20. The van der Waals surface area contributed by atoms with E-state index in [9.17, 15) is 0 Å². The van der Waals surface area contributed by atoms with E-state index < -0.39 is 0 Å². The number of nitrogens with two attached hydrogens (primary N) is 1. The summed E-state index contributed by atoms with van der Waals surface area (Å²) in [7, 11) is 0. The van der Waals surface area contributed by atoms with E-state index in [2.05, 4.69) is 35.2 Å². The molecule has 0 aromatic heterocycles. The first-order valence-electron chi connectivity index (χ1n) is 6.09. The van der Waals surface area contributed by atoms with Crippen molar-refractivity contribution in [1.29, 1.82) is 0 Å². The largest absolute Gasteiger partial charge is 0.399 e. The van der Waals surface area contributed by atoms with E-state index in [4.69, 9.17) is 17.3 Å². The van der Waals surface area contributed by atoms with E-state index in [1.165, 1.54) is 5.56 Å². The predicted octanol–water partition coefficient (Wildman–Crippen LogP) is 3.53. The van der Waals surface area contributed by atoms with Crippen LogP contribution < -0.4 is 10.6 Å². The Morgan fingerprint density at radius 1 is 1.06 bits per heavy atom. The van der Waals surface area contributed by atoms with Crippen LogP contribution in [-0.4, -0.2) is 13.1 Å². The molecule has 1 aliphatic heterocycles. The molecule has 0 atom stereocenters. The van der Waals surface area contributed by atoms with Gasteiger partial charge >= 0.3 is 0 Å². The average Bonchev–Trinajstić information content (AvgIpc) is 2.33. The lowest BCUT2D eigenvalue weighted by atomic mass is 9.91. The van der Waals surface area contributed by atoms with Crippen LogP contribution in [0.4, 0.5) is 11.4 Å². The summed E-state index contributed by atoms with van der Waals surface area (Å²) in [6, 6.07) is 16.2. The second-order valence-corrected chi connectivity index (χ2v) is 5.13. The van der Waals surface area contributed by atoms with Crippen LogP contribution in [0.15, 0.2) is 48.5 Å². The highest BCUT2D eigenvalue weighted by molar-refractivity contribution is 6.33. The van der Waals surface area contributed by atoms with Gasteiger partial charge in [-0.25, -0.2) is 0 Å². The van der Waals surface area contributed by atoms with Gasteiger partial charge in [-0.2, -0.15) is 0 Å². The normalized spacial score (nSPS) is 15.5. The minimum Gasteiger partial charge on any atom is -0.399 e. The molecule has 92 valence electrons. The van der Waals surface area contributed by atoms with Crippen molar-refractivity contribution in [2.45, 2.75) is 5.92 Å². The molecule has 0 spiro atoms. The Kier molecular flexibility index (Phi) is 2.88. The lowest BCUT2D eigenvalue weighted by molar-refractivity contribution is 0.525. The predicted molar refractivity (Wildman–Crippen MR) is 77.3 cm³/mol. The first kappa shape index (κ1) is 11.4. The third-order valence-corrected chi connectivity index (χ3v) is 3.78. The lowest BCUT2D eigenvalue weighted by Gasteiger charge is -2.41. The molecular weight excluding hydrogens is 244 g/mol. The summed E-state index contributed by atoms with van der Waals surface area (Å²) in [5, 5.41) is 0.774. The molecule has 0 saturated carbocycles. The standard InChI is InChI=1S/C15H15ClN2/c16-14-7-6-13(17)8-15(14)18-9-12(10-18)11-4-2-1-3-5-11/h1-8,12H,9-10,17H2. The first-order chi connectivity index (χ1) is 8.74. The number of anilines is 2.